The largest absolute Gasteiger partial charge is 0.445 e. The van der Waals surface area contributed by atoms with Gasteiger partial charge in [-0.05, 0) is 28.8 Å². The Balaban J connectivity index is 1.76. The van der Waals surface area contributed by atoms with E-state index in [9.17, 15) is 4.79 Å². The van der Waals surface area contributed by atoms with Gasteiger partial charge in [0.15, 0.2) is 0 Å². The van der Waals surface area contributed by atoms with Crippen molar-refractivity contribution in [2.24, 2.45) is 5.92 Å². The maximum Gasteiger partial charge on any atom is 0.410 e. The van der Waals surface area contributed by atoms with Gasteiger partial charge >= 0.3 is 6.09 Å². The monoisotopic (exact) mass is 359 g/mol. The minimum Gasteiger partial charge on any atom is -0.445 e. The Morgan fingerprint density at radius 1 is 1.39 bits per heavy atom. The second-order valence-corrected chi connectivity index (χ2v) is 5.70. The van der Waals surface area contributed by atoms with Crippen molar-refractivity contribution in [1.82, 2.24) is 4.90 Å². The van der Waals surface area contributed by atoms with E-state index in [4.69, 9.17) is 4.74 Å². The summed E-state index contributed by atoms with van der Waals surface area (Å²) in [6, 6.07) is 9.80. The number of alkyl halides is 1. The molecule has 18 heavy (non-hydrogen) atoms. The molecule has 1 heterocycles. The summed E-state index contributed by atoms with van der Waals surface area (Å²) in [7, 11) is 0. The number of carbonyl (C=O) groups is 1. The number of carbonyl (C=O) groups excluding carboxylic acids is 1. The van der Waals surface area contributed by atoms with Crippen molar-refractivity contribution in [3.63, 3.8) is 0 Å². The highest BCUT2D eigenvalue weighted by atomic mass is 127. The van der Waals surface area contributed by atoms with Crippen molar-refractivity contribution >= 4 is 28.7 Å². The van der Waals surface area contributed by atoms with Gasteiger partial charge in [0.2, 0.25) is 0 Å². The molecule has 0 radical (unpaired) electrons. The zero-order valence-electron chi connectivity index (χ0n) is 10.3. The minimum atomic E-state index is -0.171. The number of amides is 1. The Morgan fingerprint density at radius 3 is 2.89 bits per heavy atom. The maximum atomic E-state index is 11.9. The molecule has 1 amide bonds. The van der Waals surface area contributed by atoms with E-state index in [1.165, 1.54) is 6.42 Å². The van der Waals surface area contributed by atoms with Crippen LogP contribution in [0.15, 0.2) is 30.3 Å². The zero-order valence-corrected chi connectivity index (χ0v) is 12.5. The first kappa shape index (κ1) is 13.6. The molecule has 98 valence electrons. The fraction of sp³-hybridized carbons (Fsp3) is 0.500. The van der Waals surface area contributed by atoms with Gasteiger partial charge in [0.25, 0.3) is 0 Å². The van der Waals surface area contributed by atoms with Crippen LogP contribution in [-0.4, -0.2) is 28.5 Å². The van der Waals surface area contributed by atoms with E-state index < -0.39 is 0 Å². The summed E-state index contributed by atoms with van der Waals surface area (Å²) in [5.41, 5.74) is 1.04. The van der Waals surface area contributed by atoms with Crippen LogP contribution in [0.4, 0.5) is 4.79 Å². The molecule has 1 aliphatic rings. The van der Waals surface area contributed by atoms with Crippen molar-refractivity contribution in [1.29, 1.82) is 0 Å². The van der Waals surface area contributed by atoms with Crippen LogP contribution in [0.25, 0.3) is 0 Å². The fourth-order valence-corrected chi connectivity index (χ4v) is 3.08. The highest BCUT2D eigenvalue weighted by Gasteiger charge is 2.26. The van der Waals surface area contributed by atoms with Gasteiger partial charge in [-0.1, -0.05) is 52.9 Å². The molecular formula is C14H18INO2. The van der Waals surface area contributed by atoms with Crippen LogP contribution >= 0.6 is 22.6 Å². The number of hydrogen-bond donors (Lipinski definition) is 0. The van der Waals surface area contributed by atoms with Crippen molar-refractivity contribution in [2.75, 3.05) is 17.5 Å². The lowest BCUT2D eigenvalue weighted by Crippen LogP contribution is -2.29. The van der Waals surface area contributed by atoms with Crippen LogP contribution in [-0.2, 0) is 11.3 Å². The Kier molecular flexibility index (Phi) is 5.28. The third-order valence-corrected chi connectivity index (χ3v) is 3.89. The minimum absolute atomic E-state index is 0.171. The number of ether oxygens (including phenoxy) is 1. The van der Waals surface area contributed by atoms with E-state index in [0.717, 1.165) is 29.5 Å². The van der Waals surface area contributed by atoms with Gasteiger partial charge in [-0.3, -0.25) is 0 Å². The second kappa shape index (κ2) is 6.97. The predicted molar refractivity (Wildman–Crippen MR) is 79.8 cm³/mol. The molecule has 0 saturated carbocycles. The number of hydrogen-bond acceptors (Lipinski definition) is 2. The van der Waals surface area contributed by atoms with Gasteiger partial charge in [0.05, 0.1) is 0 Å². The van der Waals surface area contributed by atoms with Crippen LogP contribution in [0, 0.1) is 5.92 Å². The first-order chi connectivity index (χ1) is 8.79. The maximum absolute atomic E-state index is 11.9. The van der Waals surface area contributed by atoms with Gasteiger partial charge in [0, 0.05) is 13.1 Å². The predicted octanol–water partition coefficient (Wildman–Crippen LogP) is 3.47. The van der Waals surface area contributed by atoms with Crippen molar-refractivity contribution < 1.29 is 9.53 Å². The fourth-order valence-electron chi connectivity index (χ4n) is 2.20. The number of halogens is 1. The molecule has 0 aliphatic carbocycles. The van der Waals surface area contributed by atoms with E-state index in [1.54, 1.807) is 0 Å². The summed E-state index contributed by atoms with van der Waals surface area (Å²) in [4.78, 5) is 13.7. The average Bonchev–Trinajstić information content (AvgIpc) is 2.86. The lowest BCUT2D eigenvalue weighted by Gasteiger charge is -2.16. The molecule has 1 aromatic rings. The van der Waals surface area contributed by atoms with E-state index >= 15 is 0 Å². The Labute approximate surface area is 122 Å². The lowest BCUT2D eigenvalue weighted by molar-refractivity contribution is 0.103. The van der Waals surface area contributed by atoms with Crippen LogP contribution in [0.1, 0.15) is 18.4 Å². The number of likely N-dealkylation sites (tertiary alicyclic amines) is 1. The zero-order chi connectivity index (χ0) is 12.8. The molecule has 2 rings (SSSR count). The number of rotatable bonds is 4. The topological polar surface area (TPSA) is 29.5 Å². The third-order valence-electron chi connectivity index (χ3n) is 3.27. The number of benzene rings is 1. The SMILES string of the molecule is O=C(OCc1ccccc1)N1CC[C@@H](CCI)C1. The van der Waals surface area contributed by atoms with E-state index in [0.29, 0.717) is 12.5 Å². The summed E-state index contributed by atoms with van der Waals surface area (Å²) in [6.45, 7) is 2.07. The molecule has 1 aromatic carbocycles. The summed E-state index contributed by atoms with van der Waals surface area (Å²) >= 11 is 2.39. The van der Waals surface area contributed by atoms with Crippen LogP contribution in [0.3, 0.4) is 0 Å². The van der Waals surface area contributed by atoms with Gasteiger partial charge in [-0.15, -0.1) is 0 Å². The van der Waals surface area contributed by atoms with Crippen molar-refractivity contribution in [3.8, 4) is 0 Å². The van der Waals surface area contributed by atoms with Crippen LogP contribution < -0.4 is 0 Å². The smallest absolute Gasteiger partial charge is 0.410 e. The average molecular weight is 359 g/mol. The van der Waals surface area contributed by atoms with E-state index in [2.05, 4.69) is 22.6 Å². The lowest BCUT2D eigenvalue weighted by atomic mass is 10.1. The van der Waals surface area contributed by atoms with Crippen LogP contribution in [0.2, 0.25) is 0 Å². The normalized spacial score (nSPS) is 18.9. The molecule has 0 unspecified atom stereocenters. The van der Waals surface area contributed by atoms with Gasteiger partial charge < -0.3 is 9.64 Å². The molecule has 3 nitrogen and oxygen atoms in total. The van der Waals surface area contributed by atoms with E-state index in [1.807, 2.05) is 35.2 Å². The Hall–Kier alpha value is -0.780. The van der Waals surface area contributed by atoms with Gasteiger partial charge in [-0.2, -0.15) is 0 Å². The van der Waals surface area contributed by atoms with E-state index in [-0.39, 0.29) is 6.09 Å². The molecular weight excluding hydrogens is 341 g/mol. The molecule has 1 atom stereocenters. The molecule has 1 fully saturated rings. The highest BCUT2D eigenvalue weighted by molar-refractivity contribution is 14.1. The van der Waals surface area contributed by atoms with Gasteiger partial charge in [0.1, 0.15) is 6.61 Å². The molecule has 0 spiro atoms. The summed E-state index contributed by atoms with van der Waals surface area (Å²) in [5.74, 6) is 0.658. The molecule has 0 aromatic heterocycles. The standard InChI is InChI=1S/C14H18INO2/c15-8-6-12-7-9-16(10-12)14(17)18-11-13-4-2-1-3-5-13/h1-5,12H,6-11H2/t12-/m1/s1. The number of nitrogens with zero attached hydrogens (tertiary/aromatic N) is 1. The summed E-state index contributed by atoms with van der Waals surface area (Å²) in [6.07, 6.45) is 2.14. The molecule has 0 N–H and O–H groups in total. The first-order valence-electron chi connectivity index (χ1n) is 6.31. The Morgan fingerprint density at radius 2 is 2.17 bits per heavy atom. The summed E-state index contributed by atoms with van der Waals surface area (Å²) in [5, 5.41) is 0. The molecule has 1 saturated heterocycles. The quantitative estimate of drug-likeness (QED) is 0.609. The summed E-state index contributed by atoms with van der Waals surface area (Å²) < 4.78 is 6.49. The van der Waals surface area contributed by atoms with Crippen molar-refractivity contribution in [3.05, 3.63) is 35.9 Å². The molecule has 4 heteroatoms. The Bertz CT molecular complexity index is 383. The third kappa shape index (κ3) is 3.86. The molecule has 1 aliphatic heterocycles. The van der Waals surface area contributed by atoms with Gasteiger partial charge in [-0.25, -0.2) is 4.79 Å². The highest BCUT2D eigenvalue weighted by Crippen LogP contribution is 2.21. The molecule has 0 bridgehead atoms. The second-order valence-electron chi connectivity index (χ2n) is 4.62. The van der Waals surface area contributed by atoms with Crippen LogP contribution in [0.5, 0.6) is 0 Å². The first-order valence-corrected chi connectivity index (χ1v) is 7.83. The van der Waals surface area contributed by atoms with Crippen molar-refractivity contribution in [2.45, 2.75) is 19.4 Å².